The zero-order chi connectivity index (χ0) is 15.6. The normalized spacial score (nSPS) is 21.1. The van der Waals surface area contributed by atoms with Crippen LogP contribution in [0.5, 0.6) is 0 Å². The first kappa shape index (κ1) is 15.6. The second-order valence-corrected chi connectivity index (χ2v) is 5.93. The van der Waals surface area contributed by atoms with Gasteiger partial charge in [0, 0.05) is 18.8 Å². The van der Waals surface area contributed by atoms with Gasteiger partial charge in [-0.25, -0.2) is 0 Å². The number of hydrogen-bond acceptors (Lipinski definition) is 3. The third-order valence-electron chi connectivity index (χ3n) is 4.45. The van der Waals surface area contributed by atoms with Crippen LogP contribution in [0.25, 0.3) is 0 Å². The molecule has 2 heterocycles. The molecule has 1 aromatic carbocycles. The van der Waals surface area contributed by atoms with E-state index in [-0.39, 0.29) is 5.92 Å². The smallest absolute Gasteiger partial charge is 0.378 e. The molecule has 0 radical (unpaired) electrons. The van der Waals surface area contributed by atoms with E-state index in [2.05, 4.69) is 5.32 Å². The lowest BCUT2D eigenvalue weighted by Gasteiger charge is -2.31. The Morgan fingerprint density at radius 2 is 1.73 bits per heavy atom. The zero-order valence-electron chi connectivity index (χ0n) is 12.5. The van der Waals surface area contributed by atoms with Crippen molar-refractivity contribution in [2.45, 2.75) is 24.9 Å². The summed E-state index contributed by atoms with van der Waals surface area (Å²) in [5.74, 6) is 0.211. The first-order chi connectivity index (χ1) is 10.5. The van der Waals surface area contributed by atoms with Crippen LogP contribution in [0.15, 0.2) is 18.2 Å². The highest BCUT2D eigenvalue weighted by Crippen LogP contribution is 2.36. The first-order valence-corrected chi connectivity index (χ1v) is 7.79. The van der Waals surface area contributed by atoms with Gasteiger partial charge in [-0.3, -0.25) is 0 Å². The monoisotopic (exact) mass is 314 g/mol. The molecule has 6 heteroatoms. The van der Waals surface area contributed by atoms with Gasteiger partial charge in [-0.2, -0.15) is 13.2 Å². The molecule has 2 fully saturated rings. The van der Waals surface area contributed by atoms with Gasteiger partial charge >= 0.3 is 6.18 Å². The summed E-state index contributed by atoms with van der Waals surface area (Å²) in [5, 5.41) is 3.26. The largest absolute Gasteiger partial charge is 0.416 e. The van der Waals surface area contributed by atoms with E-state index in [0.29, 0.717) is 32.0 Å². The minimum absolute atomic E-state index is 0.211. The van der Waals surface area contributed by atoms with Gasteiger partial charge in [0.1, 0.15) is 0 Å². The molecule has 2 aliphatic heterocycles. The quantitative estimate of drug-likeness (QED) is 0.908. The number of anilines is 1. The fourth-order valence-corrected chi connectivity index (χ4v) is 3.19. The van der Waals surface area contributed by atoms with E-state index in [1.807, 2.05) is 11.0 Å². The van der Waals surface area contributed by atoms with Crippen molar-refractivity contribution >= 4 is 5.69 Å². The third kappa shape index (κ3) is 3.55. The summed E-state index contributed by atoms with van der Waals surface area (Å²) in [6, 6.07) is 4.55. The molecule has 2 aliphatic rings. The summed E-state index contributed by atoms with van der Waals surface area (Å²) >= 11 is 0. The molecule has 0 unspecified atom stereocenters. The van der Waals surface area contributed by atoms with Crippen LogP contribution >= 0.6 is 0 Å². The van der Waals surface area contributed by atoms with Crippen LogP contribution in [-0.2, 0) is 10.9 Å². The number of benzene rings is 1. The lowest BCUT2D eigenvalue weighted by molar-refractivity contribution is -0.137. The number of ether oxygens (including phenoxy) is 1. The summed E-state index contributed by atoms with van der Waals surface area (Å²) in [6.45, 7) is 4.17. The summed E-state index contributed by atoms with van der Waals surface area (Å²) in [5.41, 5.74) is 0.953. The summed E-state index contributed by atoms with van der Waals surface area (Å²) in [7, 11) is 0. The third-order valence-corrected chi connectivity index (χ3v) is 4.45. The number of piperidine rings is 1. The Balaban J connectivity index is 1.93. The van der Waals surface area contributed by atoms with E-state index in [0.717, 1.165) is 31.5 Å². The van der Waals surface area contributed by atoms with Crippen molar-refractivity contribution in [1.82, 2.24) is 5.32 Å². The fourth-order valence-electron chi connectivity index (χ4n) is 3.19. The molecule has 1 N–H and O–H groups in total. The first-order valence-electron chi connectivity index (χ1n) is 7.79. The lowest BCUT2D eigenvalue weighted by atomic mass is 9.88. The van der Waals surface area contributed by atoms with Gasteiger partial charge in [0.15, 0.2) is 0 Å². The van der Waals surface area contributed by atoms with Crippen molar-refractivity contribution < 1.29 is 17.9 Å². The van der Waals surface area contributed by atoms with E-state index >= 15 is 0 Å². The molecule has 0 atom stereocenters. The van der Waals surface area contributed by atoms with Gasteiger partial charge in [-0.15, -0.1) is 0 Å². The molecule has 0 saturated carbocycles. The summed E-state index contributed by atoms with van der Waals surface area (Å²) in [6.07, 6.45) is -2.52. The van der Waals surface area contributed by atoms with E-state index in [1.54, 1.807) is 0 Å². The van der Waals surface area contributed by atoms with Crippen LogP contribution in [0.4, 0.5) is 18.9 Å². The van der Waals surface area contributed by atoms with Crippen molar-refractivity contribution in [1.29, 1.82) is 0 Å². The molecular formula is C16H21F3N2O. The van der Waals surface area contributed by atoms with Crippen molar-refractivity contribution in [2.75, 3.05) is 44.3 Å². The molecule has 2 saturated heterocycles. The molecule has 0 aromatic heterocycles. The van der Waals surface area contributed by atoms with E-state index in [1.165, 1.54) is 12.1 Å². The van der Waals surface area contributed by atoms with Crippen LogP contribution in [0.2, 0.25) is 0 Å². The van der Waals surface area contributed by atoms with E-state index in [4.69, 9.17) is 4.74 Å². The van der Waals surface area contributed by atoms with Crippen molar-refractivity contribution in [3.05, 3.63) is 29.3 Å². The predicted molar refractivity (Wildman–Crippen MR) is 79.3 cm³/mol. The summed E-state index contributed by atoms with van der Waals surface area (Å²) < 4.78 is 45.0. The van der Waals surface area contributed by atoms with E-state index in [9.17, 15) is 13.2 Å². The highest BCUT2D eigenvalue weighted by molar-refractivity contribution is 5.53. The van der Waals surface area contributed by atoms with Crippen LogP contribution in [0.3, 0.4) is 0 Å². The topological polar surface area (TPSA) is 24.5 Å². The van der Waals surface area contributed by atoms with Crippen LogP contribution in [-0.4, -0.2) is 39.4 Å². The molecule has 1 aromatic rings. The molecule has 0 aliphatic carbocycles. The average Bonchev–Trinajstić information content (AvgIpc) is 2.55. The standard InChI is InChI=1S/C16H21F3N2O/c17-16(18,19)14-9-13(12-1-3-20-4-2-12)10-15(11-14)21-5-7-22-8-6-21/h9-12,20H,1-8H2. The molecule has 22 heavy (non-hydrogen) atoms. The van der Waals surface area contributed by atoms with Crippen LogP contribution < -0.4 is 10.2 Å². The number of rotatable bonds is 2. The Bertz CT molecular complexity index is 470. The van der Waals surface area contributed by atoms with Gasteiger partial charge in [-0.05, 0) is 55.6 Å². The second-order valence-electron chi connectivity index (χ2n) is 5.93. The van der Waals surface area contributed by atoms with Gasteiger partial charge in [0.25, 0.3) is 0 Å². The Morgan fingerprint density at radius 3 is 2.36 bits per heavy atom. The predicted octanol–water partition coefficient (Wildman–Crippen LogP) is 3.01. The Labute approximate surface area is 128 Å². The van der Waals surface area contributed by atoms with Crippen LogP contribution in [0, 0.1) is 0 Å². The fraction of sp³-hybridized carbons (Fsp3) is 0.625. The Hall–Kier alpha value is -1.27. The average molecular weight is 314 g/mol. The van der Waals surface area contributed by atoms with Crippen LogP contribution in [0.1, 0.15) is 29.9 Å². The molecule has 0 spiro atoms. The van der Waals surface area contributed by atoms with Crippen molar-refractivity contribution in [3.63, 3.8) is 0 Å². The van der Waals surface area contributed by atoms with Crippen molar-refractivity contribution in [3.8, 4) is 0 Å². The Kier molecular flexibility index (Phi) is 4.59. The molecule has 0 amide bonds. The number of hydrogen-bond donors (Lipinski definition) is 1. The minimum Gasteiger partial charge on any atom is -0.378 e. The van der Waals surface area contributed by atoms with Gasteiger partial charge in [-0.1, -0.05) is 0 Å². The molecule has 3 rings (SSSR count). The van der Waals surface area contributed by atoms with Crippen molar-refractivity contribution in [2.24, 2.45) is 0 Å². The maximum absolute atomic E-state index is 13.2. The number of halogens is 3. The minimum atomic E-state index is -4.30. The molecule has 122 valence electrons. The number of nitrogens with one attached hydrogen (secondary N) is 1. The maximum atomic E-state index is 13.2. The molecule has 0 bridgehead atoms. The van der Waals surface area contributed by atoms with Gasteiger partial charge in [0.2, 0.25) is 0 Å². The highest BCUT2D eigenvalue weighted by atomic mass is 19.4. The highest BCUT2D eigenvalue weighted by Gasteiger charge is 2.32. The van der Waals surface area contributed by atoms with Gasteiger partial charge in [0.05, 0.1) is 18.8 Å². The lowest BCUT2D eigenvalue weighted by Crippen LogP contribution is -2.36. The summed E-state index contributed by atoms with van der Waals surface area (Å²) in [4.78, 5) is 1.99. The maximum Gasteiger partial charge on any atom is 0.416 e. The number of morpholine rings is 1. The Morgan fingerprint density at radius 1 is 1.05 bits per heavy atom. The molecular weight excluding hydrogens is 293 g/mol. The second kappa shape index (κ2) is 6.46. The van der Waals surface area contributed by atoms with E-state index < -0.39 is 11.7 Å². The number of alkyl halides is 3. The zero-order valence-corrected chi connectivity index (χ0v) is 12.5. The number of nitrogens with zero attached hydrogens (tertiary/aromatic N) is 1. The van der Waals surface area contributed by atoms with Gasteiger partial charge < -0.3 is 15.0 Å². The SMILES string of the molecule is FC(F)(F)c1cc(C2CCNCC2)cc(N2CCOCC2)c1. The molecule has 3 nitrogen and oxygen atoms in total.